The van der Waals surface area contributed by atoms with E-state index in [-0.39, 0.29) is 18.1 Å². The zero-order valence-electron chi connectivity index (χ0n) is 22.9. The molecule has 0 aliphatic rings. The highest BCUT2D eigenvalue weighted by atomic mass is 19.4. The number of pyridine rings is 1. The van der Waals surface area contributed by atoms with Crippen LogP contribution in [0.15, 0.2) is 60.8 Å². The van der Waals surface area contributed by atoms with Crippen molar-refractivity contribution >= 4 is 35.3 Å². The number of benzene rings is 2. The molecular formula is C26H23F8N5O7. The number of aliphatic carboxylic acids is 2. The van der Waals surface area contributed by atoms with Gasteiger partial charge >= 0.3 is 24.3 Å². The van der Waals surface area contributed by atoms with E-state index in [2.05, 4.69) is 4.98 Å². The second kappa shape index (κ2) is 16.5. The third-order valence-corrected chi connectivity index (χ3v) is 5.04. The Balaban J connectivity index is 0.000000629. The molecule has 0 saturated heterocycles. The van der Waals surface area contributed by atoms with Crippen molar-refractivity contribution in [3.8, 4) is 11.5 Å². The molecule has 3 rings (SSSR count). The van der Waals surface area contributed by atoms with E-state index in [0.717, 1.165) is 17.0 Å². The van der Waals surface area contributed by atoms with Crippen LogP contribution in [-0.4, -0.2) is 57.8 Å². The molecule has 0 bridgehead atoms. The molecule has 46 heavy (non-hydrogen) atoms. The van der Waals surface area contributed by atoms with Crippen LogP contribution in [-0.2, 0) is 19.2 Å². The SMILES string of the molecule is NCC(c1ccccc1)N(C(=O)CC(N)=O)c1cc(F)c(Oc2ccnc(N)c2)cc1F.O=C(O)C(F)(F)F.O=C(O)C(F)(F)F. The molecule has 1 atom stereocenters. The third-order valence-electron chi connectivity index (χ3n) is 5.04. The lowest BCUT2D eigenvalue weighted by Gasteiger charge is -2.32. The summed E-state index contributed by atoms with van der Waals surface area (Å²) in [4.78, 5) is 46.7. The van der Waals surface area contributed by atoms with E-state index in [0.29, 0.717) is 5.56 Å². The summed E-state index contributed by atoms with van der Waals surface area (Å²) < 4.78 is 98.8. The van der Waals surface area contributed by atoms with Gasteiger partial charge in [0.1, 0.15) is 18.0 Å². The number of halogens is 8. The van der Waals surface area contributed by atoms with Gasteiger partial charge in [0.15, 0.2) is 17.4 Å². The minimum Gasteiger partial charge on any atom is -0.475 e. The number of carboxylic acid groups (broad SMARTS) is 2. The van der Waals surface area contributed by atoms with Crippen LogP contribution in [0.4, 0.5) is 46.6 Å². The van der Waals surface area contributed by atoms with E-state index in [9.17, 15) is 40.3 Å². The predicted octanol–water partition coefficient (Wildman–Crippen LogP) is 3.91. The molecule has 2 amide bonds. The summed E-state index contributed by atoms with van der Waals surface area (Å²) >= 11 is 0. The Kier molecular flexibility index (Phi) is 13.8. The van der Waals surface area contributed by atoms with Gasteiger partial charge in [-0.2, -0.15) is 26.3 Å². The molecule has 0 radical (unpaired) electrons. The number of carbonyl (C=O) groups is 4. The van der Waals surface area contributed by atoms with E-state index in [4.69, 9.17) is 41.7 Å². The van der Waals surface area contributed by atoms with Crippen molar-refractivity contribution in [3.05, 3.63) is 78.0 Å². The number of hydrogen-bond acceptors (Lipinski definition) is 8. The number of aromatic nitrogens is 1. The number of alkyl halides is 6. The summed E-state index contributed by atoms with van der Waals surface area (Å²) in [6.45, 7) is -0.121. The Bertz CT molecular complexity index is 1500. The first-order valence-corrected chi connectivity index (χ1v) is 12.0. The fourth-order valence-electron chi connectivity index (χ4n) is 3.18. The summed E-state index contributed by atoms with van der Waals surface area (Å²) in [7, 11) is 0. The number of rotatable bonds is 8. The number of nitrogens with two attached hydrogens (primary N) is 3. The van der Waals surface area contributed by atoms with Crippen LogP contribution in [0.2, 0.25) is 0 Å². The maximum atomic E-state index is 15.1. The second-order valence-corrected chi connectivity index (χ2v) is 8.43. The highest BCUT2D eigenvalue weighted by molar-refractivity contribution is 6.05. The van der Waals surface area contributed by atoms with Gasteiger partial charge in [0.25, 0.3) is 0 Å². The summed E-state index contributed by atoms with van der Waals surface area (Å²) in [6, 6.07) is 12.0. The van der Waals surface area contributed by atoms with Crippen LogP contribution < -0.4 is 26.8 Å². The van der Waals surface area contributed by atoms with Crippen molar-refractivity contribution in [2.45, 2.75) is 24.8 Å². The van der Waals surface area contributed by atoms with E-state index in [1.807, 2.05) is 0 Å². The highest BCUT2D eigenvalue weighted by Crippen LogP contribution is 2.35. The van der Waals surface area contributed by atoms with E-state index in [1.54, 1.807) is 30.3 Å². The number of amides is 2. The van der Waals surface area contributed by atoms with Crippen LogP contribution in [0.5, 0.6) is 11.5 Å². The van der Waals surface area contributed by atoms with Gasteiger partial charge in [-0.25, -0.2) is 23.4 Å². The van der Waals surface area contributed by atoms with Crippen molar-refractivity contribution < 1.29 is 69.3 Å². The smallest absolute Gasteiger partial charge is 0.475 e. The second-order valence-electron chi connectivity index (χ2n) is 8.43. The lowest BCUT2D eigenvalue weighted by molar-refractivity contribution is -0.193. The molecule has 8 N–H and O–H groups in total. The third kappa shape index (κ3) is 12.2. The topological polar surface area (TPSA) is 212 Å². The summed E-state index contributed by atoms with van der Waals surface area (Å²) in [6.07, 6.45) is -9.53. The van der Waals surface area contributed by atoms with E-state index < -0.39 is 71.6 Å². The van der Waals surface area contributed by atoms with Crippen molar-refractivity contribution in [1.29, 1.82) is 0 Å². The van der Waals surface area contributed by atoms with Gasteiger partial charge in [-0.3, -0.25) is 9.59 Å². The molecule has 0 spiro atoms. The molecule has 1 heterocycles. The van der Waals surface area contributed by atoms with Gasteiger partial charge in [0.2, 0.25) is 11.8 Å². The van der Waals surface area contributed by atoms with Crippen LogP contribution in [0.3, 0.4) is 0 Å². The number of hydrogen-bond donors (Lipinski definition) is 5. The van der Waals surface area contributed by atoms with Gasteiger partial charge in [-0.15, -0.1) is 0 Å². The normalized spacial score (nSPS) is 11.5. The molecule has 250 valence electrons. The fraction of sp³-hybridized carbons (Fsp3) is 0.192. The summed E-state index contributed by atoms with van der Waals surface area (Å²) in [5.74, 6) is -9.31. The number of carboxylic acids is 2. The molecule has 0 fully saturated rings. The summed E-state index contributed by atoms with van der Waals surface area (Å²) in [5.41, 5.74) is 16.8. The Hall–Kier alpha value is -5.53. The van der Waals surface area contributed by atoms with Gasteiger partial charge in [-0.05, 0) is 11.6 Å². The Labute approximate surface area is 253 Å². The van der Waals surface area contributed by atoms with Gasteiger partial charge in [-0.1, -0.05) is 30.3 Å². The Morgan fingerprint density at radius 3 is 1.83 bits per heavy atom. The zero-order chi connectivity index (χ0) is 35.4. The Morgan fingerprint density at radius 2 is 1.39 bits per heavy atom. The number of ether oxygens (including phenoxy) is 1. The molecule has 2 aromatic carbocycles. The van der Waals surface area contributed by atoms with Crippen molar-refractivity contribution in [3.63, 3.8) is 0 Å². The highest BCUT2D eigenvalue weighted by Gasteiger charge is 2.39. The lowest BCUT2D eigenvalue weighted by Crippen LogP contribution is -2.41. The lowest BCUT2D eigenvalue weighted by atomic mass is 10.0. The maximum absolute atomic E-state index is 15.1. The largest absolute Gasteiger partial charge is 0.490 e. The number of carbonyl (C=O) groups excluding carboxylic acids is 2. The molecule has 0 aliphatic heterocycles. The van der Waals surface area contributed by atoms with Gasteiger partial charge < -0.3 is 37.1 Å². The van der Waals surface area contributed by atoms with Crippen LogP contribution >= 0.6 is 0 Å². The number of primary amides is 1. The molecule has 1 unspecified atom stereocenters. The monoisotopic (exact) mass is 669 g/mol. The molecule has 1 aromatic heterocycles. The molecule has 0 saturated carbocycles. The average Bonchev–Trinajstić information content (AvgIpc) is 2.93. The summed E-state index contributed by atoms with van der Waals surface area (Å²) in [5, 5.41) is 14.2. The molecule has 20 heteroatoms. The first-order chi connectivity index (χ1) is 21.2. The average molecular weight is 669 g/mol. The van der Waals surface area contributed by atoms with Crippen LogP contribution in [0.25, 0.3) is 0 Å². The molecule has 0 aliphatic carbocycles. The number of anilines is 2. The van der Waals surface area contributed by atoms with Crippen LogP contribution in [0.1, 0.15) is 18.0 Å². The quantitative estimate of drug-likeness (QED) is 0.172. The molecule has 3 aromatic rings. The minimum atomic E-state index is -5.08. The molecular weight excluding hydrogens is 646 g/mol. The number of nitrogens with zero attached hydrogens (tertiary/aromatic N) is 2. The minimum absolute atomic E-state index is 0.121. The van der Waals surface area contributed by atoms with Crippen molar-refractivity contribution in [2.24, 2.45) is 11.5 Å². The maximum Gasteiger partial charge on any atom is 0.490 e. The first-order valence-electron chi connectivity index (χ1n) is 12.0. The van der Waals surface area contributed by atoms with E-state index in [1.165, 1.54) is 18.3 Å². The standard InChI is InChI=1S/C22H21F2N5O3.2C2HF3O2/c23-15-10-19(32-14-6-7-28-20(26)8-14)16(24)9-17(15)29(22(31)11-21(27)30)18(12-25)13-4-2-1-3-5-13;2*3-2(4,5)1(6)7/h1-10,18H,11-12,25H2,(H2,26,28)(H2,27,30);2*(H,6,7). The van der Waals surface area contributed by atoms with Gasteiger partial charge in [0.05, 0.1) is 11.7 Å². The Morgan fingerprint density at radius 1 is 0.870 bits per heavy atom. The predicted molar refractivity (Wildman–Crippen MR) is 142 cm³/mol. The van der Waals surface area contributed by atoms with E-state index >= 15 is 4.39 Å². The zero-order valence-corrected chi connectivity index (χ0v) is 22.9. The van der Waals surface area contributed by atoms with Crippen molar-refractivity contribution in [1.82, 2.24) is 4.98 Å². The van der Waals surface area contributed by atoms with Crippen molar-refractivity contribution in [2.75, 3.05) is 17.2 Å². The first kappa shape index (κ1) is 38.5. The van der Waals surface area contributed by atoms with Gasteiger partial charge in [0, 0.05) is 30.9 Å². The molecule has 12 nitrogen and oxygen atoms in total. The number of nitrogen functional groups attached to an aromatic ring is 1. The fourth-order valence-corrected chi connectivity index (χ4v) is 3.18. The van der Waals surface area contributed by atoms with Crippen LogP contribution in [0, 0.1) is 11.6 Å².